The fourth-order valence-corrected chi connectivity index (χ4v) is 9.75. The van der Waals surface area contributed by atoms with E-state index in [1.165, 1.54) is 11.1 Å². The van der Waals surface area contributed by atoms with Gasteiger partial charge >= 0.3 is 0 Å². The summed E-state index contributed by atoms with van der Waals surface area (Å²) in [7, 11) is -1.82. The van der Waals surface area contributed by atoms with Crippen molar-refractivity contribution in [3.05, 3.63) is 11.1 Å². The topological polar surface area (TPSA) is 29.5 Å². The molecule has 0 aliphatic heterocycles. The van der Waals surface area contributed by atoms with Gasteiger partial charge in [0.15, 0.2) is 0 Å². The molecule has 118 valence electrons. The Balaban J connectivity index is 2.96. The number of rotatable bonds is 5. The molecule has 1 rings (SSSR count). The summed E-state index contributed by atoms with van der Waals surface area (Å²) in [5, 5.41) is 10.2. The van der Waals surface area contributed by atoms with Crippen molar-refractivity contribution in [1.82, 2.24) is 0 Å². The van der Waals surface area contributed by atoms with E-state index >= 15 is 0 Å². The lowest BCUT2D eigenvalue weighted by Crippen LogP contribution is -2.49. The third kappa shape index (κ3) is 3.37. The van der Waals surface area contributed by atoms with Gasteiger partial charge in [-0.3, -0.25) is 0 Å². The molecule has 1 aliphatic carbocycles. The minimum atomic E-state index is -1.82. The van der Waals surface area contributed by atoms with Crippen molar-refractivity contribution in [2.45, 2.75) is 97.1 Å². The van der Waals surface area contributed by atoms with Crippen molar-refractivity contribution >= 4 is 8.32 Å². The summed E-state index contributed by atoms with van der Waals surface area (Å²) >= 11 is 0. The first kappa shape index (κ1) is 17.9. The first-order valence-electron chi connectivity index (χ1n) is 8.15. The Morgan fingerprint density at radius 1 is 1.05 bits per heavy atom. The molecular formula is C17H34O2Si. The Bertz CT molecular complexity index is 332. The van der Waals surface area contributed by atoms with E-state index in [0.29, 0.717) is 16.6 Å². The molecule has 0 bridgehead atoms. The minimum Gasteiger partial charge on any atom is -0.413 e. The van der Waals surface area contributed by atoms with Crippen LogP contribution >= 0.6 is 0 Å². The molecule has 0 spiro atoms. The fraction of sp³-hybridized carbons (Fsp3) is 0.882. The van der Waals surface area contributed by atoms with Crippen LogP contribution in [0.15, 0.2) is 11.1 Å². The monoisotopic (exact) mass is 298 g/mol. The first-order valence-corrected chi connectivity index (χ1v) is 10.3. The lowest BCUT2D eigenvalue weighted by molar-refractivity contribution is 0.143. The third-order valence-electron chi connectivity index (χ3n) is 5.06. The number of allylic oxidation sites excluding steroid dienone is 1. The highest BCUT2D eigenvalue weighted by Gasteiger charge is 2.47. The zero-order chi connectivity index (χ0) is 15.7. The molecule has 1 fully saturated rings. The van der Waals surface area contributed by atoms with E-state index < -0.39 is 8.32 Å². The molecular weight excluding hydrogens is 264 g/mol. The van der Waals surface area contributed by atoms with Crippen LogP contribution in [0.25, 0.3) is 0 Å². The van der Waals surface area contributed by atoms with Crippen LogP contribution in [0, 0.1) is 0 Å². The van der Waals surface area contributed by atoms with Gasteiger partial charge in [0.05, 0.1) is 12.2 Å². The van der Waals surface area contributed by atoms with E-state index in [9.17, 15) is 5.11 Å². The standard InChI is InChI=1S/C17H34O2Si/c1-11(2)16-9-15(10-17(16)18)19-20(12(3)4,13(5)6)14(7)8/h12-15,17-18H,9-10H2,1-8H3/t15-,17+/m0/s1. The van der Waals surface area contributed by atoms with Crippen LogP contribution in [-0.2, 0) is 4.43 Å². The minimum absolute atomic E-state index is 0.216. The van der Waals surface area contributed by atoms with Crippen LogP contribution < -0.4 is 0 Å². The molecule has 1 aliphatic rings. The molecule has 3 heteroatoms. The van der Waals surface area contributed by atoms with Gasteiger partial charge in [-0.25, -0.2) is 0 Å². The molecule has 0 saturated heterocycles. The van der Waals surface area contributed by atoms with Gasteiger partial charge in [0, 0.05) is 6.42 Å². The van der Waals surface area contributed by atoms with Crippen LogP contribution in [0.4, 0.5) is 0 Å². The summed E-state index contributed by atoms with van der Waals surface area (Å²) < 4.78 is 6.78. The largest absolute Gasteiger partial charge is 0.413 e. The second-order valence-corrected chi connectivity index (χ2v) is 12.9. The highest BCUT2D eigenvalue weighted by molar-refractivity contribution is 6.77. The molecule has 0 amide bonds. The van der Waals surface area contributed by atoms with Crippen molar-refractivity contribution < 1.29 is 9.53 Å². The predicted octanol–water partition coefficient (Wildman–Crippen LogP) is 5.04. The molecule has 20 heavy (non-hydrogen) atoms. The zero-order valence-corrected chi connectivity index (χ0v) is 15.7. The number of aliphatic hydroxyl groups is 1. The maximum atomic E-state index is 10.2. The fourth-order valence-electron chi connectivity index (χ4n) is 4.18. The van der Waals surface area contributed by atoms with E-state index in [1.54, 1.807) is 0 Å². The van der Waals surface area contributed by atoms with Gasteiger partial charge in [-0.05, 0) is 42.5 Å². The van der Waals surface area contributed by atoms with Crippen molar-refractivity contribution in [3.63, 3.8) is 0 Å². The Labute approximate surface area is 126 Å². The maximum absolute atomic E-state index is 10.2. The van der Waals surface area contributed by atoms with Crippen LogP contribution in [0.1, 0.15) is 68.2 Å². The highest BCUT2D eigenvalue weighted by Crippen LogP contribution is 2.45. The van der Waals surface area contributed by atoms with Crippen molar-refractivity contribution in [2.75, 3.05) is 0 Å². The summed E-state index contributed by atoms with van der Waals surface area (Å²) in [4.78, 5) is 0. The van der Waals surface area contributed by atoms with E-state index in [1.807, 2.05) is 0 Å². The molecule has 0 aromatic rings. The molecule has 1 saturated carbocycles. The van der Waals surface area contributed by atoms with Crippen molar-refractivity contribution in [3.8, 4) is 0 Å². The summed E-state index contributed by atoms with van der Waals surface area (Å²) in [5.41, 5.74) is 4.28. The van der Waals surface area contributed by atoms with Gasteiger partial charge in [0.1, 0.15) is 0 Å². The number of hydrogen-bond donors (Lipinski definition) is 1. The number of aliphatic hydroxyl groups excluding tert-OH is 1. The van der Waals surface area contributed by atoms with Crippen molar-refractivity contribution in [2.24, 2.45) is 0 Å². The molecule has 0 aromatic heterocycles. The first-order chi connectivity index (χ1) is 9.12. The Hall–Kier alpha value is -0.123. The second-order valence-electron chi connectivity index (χ2n) is 7.54. The van der Waals surface area contributed by atoms with E-state index in [0.717, 1.165) is 12.8 Å². The van der Waals surface area contributed by atoms with Crippen molar-refractivity contribution in [1.29, 1.82) is 0 Å². The Morgan fingerprint density at radius 2 is 1.50 bits per heavy atom. The van der Waals surface area contributed by atoms with E-state index in [4.69, 9.17) is 4.43 Å². The van der Waals surface area contributed by atoms with E-state index in [2.05, 4.69) is 55.4 Å². The van der Waals surface area contributed by atoms with Gasteiger partial charge in [0.2, 0.25) is 8.32 Å². The van der Waals surface area contributed by atoms with Gasteiger partial charge in [-0.1, -0.05) is 47.1 Å². The van der Waals surface area contributed by atoms with E-state index in [-0.39, 0.29) is 12.2 Å². The summed E-state index contributed by atoms with van der Waals surface area (Å²) in [6.45, 7) is 18.1. The molecule has 0 radical (unpaired) electrons. The summed E-state index contributed by atoms with van der Waals surface area (Å²) in [6, 6.07) is 0. The third-order valence-corrected chi connectivity index (χ3v) is 11.2. The van der Waals surface area contributed by atoms with Gasteiger partial charge in [-0.15, -0.1) is 0 Å². The quantitative estimate of drug-likeness (QED) is 0.569. The molecule has 1 N–H and O–H groups in total. The normalized spacial score (nSPS) is 24.3. The Morgan fingerprint density at radius 3 is 1.80 bits per heavy atom. The smallest absolute Gasteiger partial charge is 0.200 e. The molecule has 2 nitrogen and oxygen atoms in total. The lowest BCUT2D eigenvalue weighted by Gasteiger charge is -2.44. The molecule has 2 atom stereocenters. The lowest BCUT2D eigenvalue weighted by atomic mass is 10.1. The molecule has 0 aromatic carbocycles. The molecule has 0 heterocycles. The summed E-state index contributed by atoms with van der Waals surface area (Å²) in [6.07, 6.45) is 1.63. The van der Waals surface area contributed by atoms with Gasteiger partial charge in [-0.2, -0.15) is 0 Å². The van der Waals surface area contributed by atoms with Gasteiger partial charge in [0.25, 0.3) is 0 Å². The van der Waals surface area contributed by atoms with Gasteiger partial charge < -0.3 is 9.53 Å². The zero-order valence-electron chi connectivity index (χ0n) is 14.7. The highest BCUT2D eigenvalue weighted by atomic mass is 28.4. The molecule has 0 unspecified atom stereocenters. The van der Waals surface area contributed by atoms with Crippen LogP contribution in [0.3, 0.4) is 0 Å². The average molecular weight is 299 g/mol. The Kier molecular flexibility index (Phi) is 6.06. The maximum Gasteiger partial charge on any atom is 0.200 e. The van der Waals surface area contributed by atoms with Crippen LogP contribution in [-0.4, -0.2) is 25.6 Å². The average Bonchev–Trinajstić information content (AvgIpc) is 2.65. The predicted molar refractivity (Wildman–Crippen MR) is 89.5 cm³/mol. The van der Waals surface area contributed by atoms with Crippen LogP contribution in [0.2, 0.25) is 16.6 Å². The number of hydrogen-bond acceptors (Lipinski definition) is 2. The van der Waals surface area contributed by atoms with Crippen LogP contribution in [0.5, 0.6) is 0 Å². The summed E-state index contributed by atoms with van der Waals surface area (Å²) in [5.74, 6) is 0. The SMILES string of the molecule is CC(C)=C1C[C@H](O[Si](C(C)C)(C(C)C)C(C)C)C[C@H]1O. The second kappa shape index (κ2) is 6.76.